The van der Waals surface area contributed by atoms with Crippen molar-refractivity contribution in [3.05, 3.63) is 36.2 Å². The van der Waals surface area contributed by atoms with Crippen molar-refractivity contribution in [3.8, 4) is 0 Å². The molecule has 0 spiro atoms. The molecule has 1 aromatic carbocycles. The summed E-state index contributed by atoms with van der Waals surface area (Å²) in [5.74, 6) is -1.13. The van der Waals surface area contributed by atoms with Crippen molar-refractivity contribution in [1.82, 2.24) is 19.8 Å². The van der Waals surface area contributed by atoms with E-state index in [1.807, 2.05) is 18.2 Å². The summed E-state index contributed by atoms with van der Waals surface area (Å²) in [5.41, 5.74) is 1.52. The van der Waals surface area contributed by atoms with Crippen LogP contribution in [0.1, 0.15) is 10.5 Å². The molecule has 124 valence electrons. The predicted molar refractivity (Wildman–Crippen MR) is 84.0 cm³/mol. The lowest BCUT2D eigenvalue weighted by Crippen LogP contribution is -2.53. The van der Waals surface area contributed by atoms with Crippen LogP contribution in [0.15, 0.2) is 30.5 Å². The number of esters is 1. The molecule has 0 atom stereocenters. The highest BCUT2D eigenvalue weighted by Crippen LogP contribution is 2.12. The number of benzene rings is 1. The van der Waals surface area contributed by atoms with Crippen molar-refractivity contribution < 1.29 is 19.1 Å². The maximum atomic E-state index is 12.5. The fraction of sp³-hybridized carbons (Fsp3) is 0.312. The van der Waals surface area contributed by atoms with Crippen molar-refractivity contribution in [2.75, 3.05) is 33.3 Å². The van der Waals surface area contributed by atoms with Crippen LogP contribution in [0, 0.1) is 0 Å². The Hall–Kier alpha value is -3.03. The van der Waals surface area contributed by atoms with Crippen LogP contribution in [0.3, 0.4) is 0 Å². The van der Waals surface area contributed by atoms with Gasteiger partial charge < -0.3 is 14.5 Å². The van der Waals surface area contributed by atoms with Gasteiger partial charge in [-0.2, -0.15) is 0 Å². The molecule has 0 N–H and O–H groups in total. The number of nitrogens with zero attached hydrogens (tertiary/aromatic N) is 4. The molecule has 0 bridgehead atoms. The second kappa shape index (κ2) is 6.61. The van der Waals surface area contributed by atoms with E-state index in [4.69, 9.17) is 0 Å². The Morgan fingerprint density at radius 1 is 1.21 bits per heavy atom. The molecule has 0 radical (unpaired) electrons. The van der Waals surface area contributed by atoms with Crippen LogP contribution in [0.25, 0.3) is 11.0 Å². The highest BCUT2D eigenvalue weighted by molar-refractivity contribution is 5.97. The van der Waals surface area contributed by atoms with E-state index >= 15 is 0 Å². The summed E-state index contributed by atoms with van der Waals surface area (Å²) in [5, 5.41) is 0. The number of methoxy groups -OCH3 is 1. The van der Waals surface area contributed by atoms with Gasteiger partial charge in [0.25, 0.3) is 5.91 Å². The zero-order valence-corrected chi connectivity index (χ0v) is 13.1. The molecule has 0 saturated carbocycles. The maximum absolute atomic E-state index is 12.5. The van der Waals surface area contributed by atoms with Crippen LogP contribution in [0.4, 0.5) is 0 Å². The number of aromatic nitrogens is 2. The quantitative estimate of drug-likeness (QED) is 0.741. The standard InChI is InChI=1S/C16H16N4O4/c1-24-15(22)10-19-6-7-20(9-14(19)21)16(23)13-8-17-11-4-2-3-5-12(11)18-13/h2-5,8H,6-7,9-10H2,1H3. The van der Waals surface area contributed by atoms with Gasteiger partial charge >= 0.3 is 5.97 Å². The van der Waals surface area contributed by atoms with E-state index in [1.54, 1.807) is 6.07 Å². The molecular weight excluding hydrogens is 312 g/mol. The van der Waals surface area contributed by atoms with Crippen molar-refractivity contribution in [2.24, 2.45) is 0 Å². The third kappa shape index (κ3) is 3.17. The molecule has 2 aromatic rings. The number of hydrogen-bond acceptors (Lipinski definition) is 6. The minimum atomic E-state index is -0.483. The van der Waals surface area contributed by atoms with Crippen molar-refractivity contribution >= 4 is 28.8 Å². The molecule has 8 nitrogen and oxygen atoms in total. The Balaban J connectivity index is 1.71. The Kier molecular flexibility index (Phi) is 4.37. The number of rotatable bonds is 3. The molecule has 3 rings (SSSR count). The van der Waals surface area contributed by atoms with Crippen molar-refractivity contribution in [3.63, 3.8) is 0 Å². The number of carbonyl (C=O) groups excluding carboxylic acids is 3. The monoisotopic (exact) mass is 328 g/mol. The summed E-state index contributed by atoms with van der Waals surface area (Å²) in [6.45, 7) is 0.411. The van der Waals surface area contributed by atoms with Crippen LogP contribution < -0.4 is 0 Å². The molecule has 1 aliphatic rings. The molecule has 1 aliphatic heterocycles. The minimum Gasteiger partial charge on any atom is -0.468 e. The molecule has 2 amide bonds. The smallest absolute Gasteiger partial charge is 0.325 e. The molecule has 8 heteroatoms. The van der Waals surface area contributed by atoms with Crippen LogP contribution in [0.5, 0.6) is 0 Å². The second-order valence-electron chi connectivity index (χ2n) is 5.36. The van der Waals surface area contributed by atoms with Gasteiger partial charge in [-0.3, -0.25) is 19.4 Å². The van der Waals surface area contributed by atoms with Gasteiger partial charge in [0.1, 0.15) is 18.8 Å². The number of ether oxygens (including phenoxy) is 1. The molecule has 2 heterocycles. The van der Waals surface area contributed by atoms with Gasteiger partial charge in [0.15, 0.2) is 0 Å². The summed E-state index contributed by atoms with van der Waals surface area (Å²) < 4.78 is 4.55. The Labute approximate surface area is 138 Å². The largest absolute Gasteiger partial charge is 0.468 e. The molecular formula is C16H16N4O4. The number of fused-ring (bicyclic) bond motifs is 1. The van der Waals surface area contributed by atoms with Gasteiger partial charge in [-0.05, 0) is 12.1 Å². The number of carbonyl (C=O) groups is 3. The molecule has 1 saturated heterocycles. The normalized spacial score (nSPS) is 14.8. The lowest BCUT2D eigenvalue weighted by molar-refractivity contribution is -0.148. The summed E-state index contributed by atoms with van der Waals surface area (Å²) in [6, 6.07) is 7.25. The van der Waals surface area contributed by atoms with E-state index in [1.165, 1.54) is 23.1 Å². The third-order valence-corrected chi connectivity index (χ3v) is 3.82. The zero-order chi connectivity index (χ0) is 17.1. The average molecular weight is 328 g/mol. The van der Waals surface area contributed by atoms with E-state index in [0.29, 0.717) is 17.6 Å². The molecule has 0 aliphatic carbocycles. The maximum Gasteiger partial charge on any atom is 0.325 e. The third-order valence-electron chi connectivity index (χ3n) is 3.82. The van der Waals surface area contributed by atoms with Gasteiger partial charge in [-0.25, -0.2) is 4.98 Å². The first-order valence-electron chi connectivity index (χ1n) is 7.44. The Bertz CT molecular complexity index is 808. The van der Waals surface area contributed by atoms with Gasteiger partial charge in [0, 0.05) is 13.1 Å². The summed E-state index contributed by atoms with van der Waals surface area (Å²) in [6.07, 6.45) is 1.41. The molecule has 24 heavy (non-hydrogen) atoms. The van der Waals surface area contributed by atoms with Gasteiger partial charge in [-0.15, -0.1) is 0 Å². The highest BCUT2D eigenvalue weighted by atomic mass is 16.5. The SMILES string of the molecule is COC(=O)CN1CCN(C(=O)c2cnc3ccccc3n2)CC1=O. The average Bonchev–Trinajstić information content (AvgIpc) is 2.62. The van der Waals surface area contributed by atoms with Crippen LogP contribution in [-0.2, 0) is 14.3 Å². The van der Waals surface area contributed by atoms with E-state index < -0.39 is 5.97 Å². The first-order chi connectivity index (χ1) is 11.6. The Morgan fingerprint density at radius 3 is 2.67 bits per heavy atom. The summed E-state index contributed by atoms with van der Waals surface area (Å²) in [4.78, 5) is 47.2. The number of piperazine rings is 1. The summed E-state index contributed by atoms with van der Waals surface area (Å²) >= 11 is 0. The van der Waals surface area contributed by atoms with Crippen molar-refractivity contribution in [2.45, 2.75) is 0 Å². The van der Waals surface area contributed by atoms with E-state index in [-0.39, 0.29) is 37.1 Å². The van der Waals surface area contributed by atoms with Gasteiger partial charge in [-0.1, -0.05) is 12.1 Å². The molecule has 1 fully saturated rings. The van der Waals surface area contributed by atoms with Crippen molar-refractivity contribution in [1.29, 1.82) is 0 Å². The predicted octanol–water partition coefficient (Wildman–Crippen LogP) is 0.0872. The Morgan fingerprint density at radius 2 is 1.96 bits per heavy atom. The first kappa shape index (κ1) is 15.9. The van der Waals surface area contributed by atoms with E-state index in [0.717, 1.165) is 0 Å². The number of para-hydroxylation sites is 2. The number of amides is 2. The van der Waals surface area contributed by atoms with Crippen LogP contribution >= 0.6 is 0 Å². The first-order valence-corrected chi connectivity index (χ1v) is 7.44. The van der Waals surface area contributed by atoms with E-state index in [9.17, 15) is 14.4 Å². The van der Waals surface area contributed by atoms with E-state index in [2.05, 4.69) is 14.7 Å². The second-order valence-corrected chi connectivity index (χ2v) is 5.36. The highest BCUT2D eigenvalue weighted by Gasteiger charge is 2.29. The van der Waals surface area contributed by atoms with Crippen LogP contribution in [-0.4, -0.2) is 70.8 Å². The summed E-state index contributed by atoms with van der Waals surface area (Å²) in [7, 11) is 1.27. The zero-order valence-electron chi connectivity index (χ0n) is 13.1. The fourth-order valence-electron chi connectivity index (χ4n) is 2.49. The van der Waals surface area contributed by atoms with Crippen LogP contribution in [0.2, 0.25) is 0 Å². The lowest BCUT2D eigenvalue weighted by atomic mass is 10.2. The topological polar surface area (TPSA) is 92.7 Å². The molecule has 1 aromatic heterocycles. The van der Waals surface area contributed by atoms with Gasteiger partial charge in [0.2, 0.25) is 5.91 Å². The minimum absolute atomic E-state index is 0.0929. The lowest BCUT2D eigenvalue weighted by Gasteiger charge is -2.33. The van der Waals surface area contributed by atoms with Gasteiger partial charge in [0.05, 0.1) is 24.3 Å². The number of hydrogen-bond donors (Lipinski definition) is 0. The molecule has 0 unspecified atom stereocenters. The fourth-order valence-corrected chi connectivity index (χ4v) is 2.49.